The number of nitrogens with zero attached hydrogens (tertiary/aromatic N) is 5. The Morgan fingerprint density at radius 3 is 2.82 bits per heavy atom. The number of hydrogen-bond acceptors (Lipinski definition) is 5. The van der Waals surface area contributed by atoms with Crippen LogP contribution in [0.15, 0.2) is 55.4 Å². The van der Waals surface area contributed by atoms with Gasteiger partial charge in [-0.25, -0.2) is 9.97 Å². The molecule has 1 saturated heterocycles. The second kappa shape index (κ2) is 8.21. The average molecular weight is 377 g/mol. The van der Waals surface area contributed by atoms with Crippen LogP contribution in [-0.4, -0.2) is 50.5 Å². The summed E-state index contributed by atoms with van der Waals surface area (Å²) in [5, 5.41) is 0. The molecular weight excluding hydrogens is 354 g/mol. The third-order valence-electron chi connectivity index (χ3n) is 5.12. The summed E-state index contributed by atoms with van der Waals surface area (Å²) < 4.78 is 7.02. The topological polar surface area (TPSA) is 73.1 Å². The van der Waals surface area contributed by atoms with Crippen LogP contribution in [0, 0.1) is 0 Å². The normalized spacial score (nSPS) is 16.8. The number of rotatable bonds is 5. The van der Waals surface area contributed by atoms with E-state index in [9.17, 15) is 4.79 Å². The fraction of sp³-hybridized carbons (Fsp3) is 0.333. The van der Waals surface area contributed by atoms with Gasteiger partial charge in [0, 0.05) is 37.6 Å². The minimum Gasteiger partial charge on any atom is -0.497 e. The standard InChI is InChI=1S/C21H23N5O2/c1-28-18-6-4-16(5-7-18)11-21(27)25-9-2-3-17(14-25)19-12-23-13-20(24-19)26-10-8-22-15-26/h4-8,10,12-13,15,17H,2-3,9,11,14H2,1H3/t17-/m0/s1. The zero-order valence-electron chi connectivity index (χ0n) is 15.9. The first-order valence-electron chi connectivity index (χ1n) is 9.44. The van der Waals surface area contributed by atoms with E-state index in [2.05, 4.69) is 9.97 Å². The number of carbonyl (C=O) groups excluding carboxylic acids is 1. The third kappa shape index (κ3) is 4.03. The highest BCUT2D eigenvalue weighted by molar-refractivity contribution is 5.79. The molecule has 2 aromatic heterocycles. The van der Waals surface area contributed by atoms with Crippen LogP contribution >= 0.6 is 0 Å². The molecule has 7 nitrogen and oxygen atoms in total. The van der Waals surface area contributed by atoms with Crippen LogP contribution in [0.3, 0.4) is 0 Å². The molecule has 144 valence electrons. The first-order chi connectivity index (χ1) is 13.7. The van der Waals surface area contributed by atoms with Gasteiger partial charge < -0.3 is 9.64 Å². The third-order valence-corrected chi connectivity index (χ3v) is 5.12. The fourth-order valence-corrected chi connectivity index (χ4v) is 3.56. The smallest absolute Gasteiger partial charge is 0.227 e. The van der Waals surface area contributed by atoms with Crippen molar-refractivity contribution in [1.82, 2.24) is 24.4 Å². The summed E-state index contributed by atoms with van der Waals surface area (Å²) in [7, 11) is 1.64. The van der Waals surface area contributed by atoms with Crippen LogP contribution in [-0.2, 0) is 11.2 Å². The van der Waals surface area contributed by atoms with Crippen LogP contribution in [0.2, 0.25) is 0 Å². The lowest BCUT2D eigenvalue weighted by atomic mass is 9.94. The van der Waals surface area contributed by atoms with Gasteiger partial charge in [-0.3, -0.25) is 14.3 Å². The number of methoxy groups -OCH3 is 1. The van der Waals surface area contributed by atoms with Gasteiger partial charge in [0.25, 0.3) is 0 Å². The number of amides is 1. The maximum absolute atomic E-state index is 12.8. The van der Waals surface area contributed by atoms with E-state index in [1.807, 2.05) is 46.1 Å². The lowest BCUT2D eigenvalue weighted by molar-refractivity contribution is -0.131. The molecule has 0 unspecified atom stereocenters. The molecule has 0 bridgehead atoms. The van der Waals surface area contributed by atoms with E-state index in [4.69, 9.17) is 9.72 Å². The van der Waals surface area contributed by atoms with Crippen molar-refractivity contribution in [3.8, 4) is 11.6 Å². The molecule has 4 rings (SSSR count). The number of aromatic nitrogens is 4. The summed E-state index contributed by atoms with van der Waals surface area (Å²) in [4.78, 5) is 27.9. The number of imidazole rings is 1. The number of benzene rings is 1. The zero-order chi connectivity index (χ0) is 19.3. The number of hydrogen-bond donors (Lipinski definition) is 0. The van der Waals surface area contributed by atoms with Gasteiger partial charge in [-0.2, -0.15) is 0 Å². The van der Waals surface area contributed by atoms with Gasteiger partial charge in [-0.05, 0) is 30.5 Å². The van der Waals surface area contributed by atoms with Crippen LogP contribution in [0.4, 0.5) is 0 Å². The summed E-state index contributed by atoms with van der Waals surface area (Å²) in [6.07, 6.45) is 11.2. The van der Waals surface area contributed by atoms with Crippen molar-refractivity contribution in [2.24, 2.45) is 0 Å². The number of piperidine rings is 1. The average Bonchev–Trinajstić information content (AvgIpc) is 3.29. The van der Waals surface area contributed by atoms with E-state index in [0.29, 0.717) is 13.0 Å². The van der Waals surface area contributed by atoms with Gasteiger partial charge >= 0.3 is 0 Å². The van der Waals surface area contributed by atoms with Crippen molar-refractivity contribution in [3.63, 3.8) is 0 Å². The molecule has 1 amide bonds. The molecule has 1 aliphatic rings. The van der Waals surface area contributed by atoms with E-state index in [-0.39, 0.29) is 11.8 Å². The highest BCUT2D eigenvalue weighted by Gasteiger charge is 2.26. The second-order valence-corrected chi connectivity index (χ2v) is 6.98. The van der Waals surface area contributed by atoms with Crippen LogP contribution < -0.4 is 4.74 Å². The maximum Gasteiger partial charge on any atom is 0.227 e. The van der Waals surface area contributed by atoms with Gasteiger partial charge in [-0.15, -0.1) is 0 Å². The molecule has 0 aliphatic carbocycles. The van der Waals surface area contributed by atoms with Crippen molar-refractivity contribution < 1.29 is 9.53 Å². The van der Waals surface area contributed by atoms with Crippen LogP contribution in [0.5, 0.6) is 5.75 Å². The molecule has 0 spiro atoms. The molecule has 1 aliphatic heterocycles. The van der Waals surface area contributed by atoms with Crippen molar-refractivity contribution >= 4 is 5.91 Å². The quantitative estimate of drug-likeness (QED) is 0.683. The van der Waals surface area contributed by atoms with E-state index < -0.39 is 0 Å². The molecular formula is C21H23N5O2. The minimum atomic E-state index is 0.147. The maximum atomic E-state index is 12.8. The largest absolute Gasteiger partial charge is 0.497 e. The van der Waals surface area contributed by atoms with Gasteiger partial charge in [-0.1, -0.05) is 12.1 Å². The molecule has 3 aromatic rings. The van der Waals surface area contributed by atoms with Crippen molar-refractivity contribution in [1.29, 1.82) is 0 Å². The van der Waals surface area contributed by atoms with Crippen molar-refractivity contribution in [3.05, 3.63) is 66.6 Å². The van der Waals surface area contributed by atoms with E-state index in [1.165, 1.54) is 0 Å². The first-order valence-corrected chi connectivity index (χ1v) is 9.44. The second-order valence-electron chi connectivity index (χ2n) is 6.98. The Hall–Kier alpha value is -3.22. The number of likely N-dealkylation sites (tertiary alicyclic amines) is 1. The Bertz CT molecular complexity index is 924. The molecule has 0 saturated carbocycles. The molecule has 0 radical (unpaired) electrons. The van der Waals surface area contributed by atoms with Gasteiger partial charge in [0.1, 0.15) is 12.1 Å². The first kappa shape index (κ1) is 18.2. The Balaban J connectivity index is 1.44. The zero-order valence-corrected chi connectivity index (χ0v) is 15.9. The Kier molecular flexibility index (Phi) is 5.32. The summed E-state index contributed by atoms with van der Waals surface area (Å²) >= 11 is 0. The lowest BCUT2D eigenvalue weighted by Crippen LogP contribution is -2.40. The van der Waals surface area contributed by atoms with Crippen LogP contribution in [0.1, 0.15) is 30.0 Å². The lowest BCUT2D eigenvalue weighted by Gasteiger charge is -2.32. The Labute approximate surface area is 164 Å². The van der Waals surface area contributed by atoms with Crippen molar-refractivity contribution in [2.45, 2.75) is 25.2 Å². The Morgan fingerprint density at radius 2 is 2.07 bits per heavy atom. The monoisotopic (exact) mass is 377 g/mol. The highest BCUT2D eigenvalue weighted by atomic mass is 16.5. The molecule has 0 N–H and O–H groups in total. The molecule has 1 atom stereocenters. The number of ether oxygens (including phenoxy) is 1. The van der Waals surface area contributed by atoms with E-state index >= 15 is 0 Å². The summed E-state index contributed by atoms with van der Waals surface area (Å²) in [6.45, 7) is 1.47. The van der Waals surface area contributed by atoms with Gasteiger partial charge in [0.2, 0.25) is 5.91 Å². The van der Waals surface area contributed by atoms with Crippen LogP contribution in [0.25, 0.3) is 5.82 Å². The minimum absolute atomic E-state index is 0.147. The fourth-order valence-electron chi connectivity index (χ4n) is 3.56. The molecule has 1 aromatic carbocycles. The number of carbonyl (C=O) groups is 1. The molecule has 7 heteroatoms. The van der Waals surface area contributed by atoms with Gasteiger partial charge in [0.15, 0.2) is 5.82 Å². The van der Waals surface area contributed by atoms with E-state index in [0.717, 1.165) is 42.2 Å². The predicted molar refractivity (Wildman–Crippen MR) is 104 cm³/mol. The van der Waals surface area contributed by atoms with Gasteiger partial charge in [0.05, 0.1) is 25.4 Å². The SMILES string of the molecule is COc1ccc(CC(=O)N2CCC[C@H](c3cncc(-n4ccnc4)n3)C2)cc1. The summed E-state index contributed by atoms with van der Waals surface area (Å²) in [6, 6.07) is 7.66. The molecule has 1 fully saturated rings. The molecule has 3 heterocycles. The highest BCUT2D eigenvalue weighted by Crippen LogP contribution is 2.26. The Morgan fingerprint density at radius 1 is 1.21 bits per heavy atom. The predicted octanol–water partition coefficient (Wildman–Crippen LogP) is 2.62. The summed E-state index contributed by atoms with van der Waals surface area (Å²) in [5.41, 5.74) is 1.92. The summed E-state index contributed by atoms with van der Waals surface area (Å²) in [5.74, 6) is 1.89. The van der Waals surface area contributed by atoms with Crippen molar-refractivity contribution in [2.75, 3.05) is 20.2 Å². The van der Waals surface area contributed by atoms with E-state index in [1.54, 1.807) is 25.8 Å². The molecule has 28 heavy (non-hydrogen) atoms.